The van der Waals surface area contributed by atoms with E-state index in [9.17, 15) is 9.90 Å². The lowest BCUT2D eigenvalue weighted by molar-refractivity contribution is -0.133. The molecule has 110 valence electrons. The topological polar surface area (TPSA) is 79.8 Å². The summed E-state index contributed by atoms with van der Waals surface area (Å²) in [6, 6.07) is -0.0625. The zero-order valence-corrected chi connectivity index (χ0v) is 11.9. The Balaban J connectivity index is 1.74. The molecule has 0 radical (unpaired) electrons. The van der Waals surface area contributed by atoms with Gasteiger partial charge in [0.1, 0.15) is 0 Å². The second-order valence-electron chi connectivity index (χ2n) is 6.31. The van der Waals surface area contributed by atoms with Gasteiger partial charge in [0.15, 0.2) is 0 Å². The molecule has 0 aromatic carbocycles. The van der Waals surface area contributed by atoms with E-state index in [1.54, 1.807) is 7.11 Å². The zero-order chi connectivity index (χ0) is 14.1. The first-order chi connectivity index (χ1) is 8.93. The van der Waals surface area contributed by atoms with Crippen molar-refractivity contribution < 1.29 is 19.4 Å². The first-order valence-corrected chi connectivity index (χ1v) is 6.69. The van der Waals surface area contributed by atoms with Crippen LogP contribution in [0.1, 0.15) is 20.3 Å². The van der Waals surface area contributed by atoms with Gasteiger partial charge in [-0.1, -0.05) is 13.8 Å². The van der Waals surface area contributed by atoms with Crippen molar-refractivity contribution in [2.45, 2.75) is 32.4 Å². The summed E-state index contributed by atoms with van der Waals surface area (Å²) in [5.41, 5.74) is -0.331. The fraction of sp³-hybridized carbons (Fsp3) is 0.923. The Kier molecular flexibility index (Phi) is 4.03. The van der Waals surface area contributed by atoms with Gasteiger partial charge in [0.05, 0.1) is 31.3 Å². The van der Waals surface area contributed by atoms with Gasteiger partial charge >= 0.3 is 6.03 Å². The highest BCUT2D eigenvalue weighted by molar-refractivity contribution is 5.74. The standard InChI is InChI=1S/C13H24N2O4/c1-12(2)9(4-10(12)18-3)15-11(17)14-5-13(6-16)7-19-8-13/h9-10,16H,4-8H2,1-3H3,(H2,14,15,17). The van der Waals surface area contributed by atoms with E-state index in [4.69, 9.17) is 9.47 Å². The fourth-order valence-electron chi connectivity index (χ4n) is 2.65. The molecule has 6 heteroatoms. The number of hydrogen-bond acceptors (Lipinski definition) is 4. The molecular weight excluding hydrogens is 248 g/mol. The number of aliphatic hydroxyl groups is 1. The van der Waals surface area contributed by atoms with Gasteiger partial charge in [0, 0.05) is 25.1 Å². The monoisotopic (exact) mass is 272 g/mol. The molecule has 1 aliphatic heterocycles. The van der Waals surface area contributed by atoms with Crippen LogP contribution in [0.15, 0.2) is 0 Å². The van der Waals surface area contributed by atoms with Crippen molar-refractivity contribution in [3.05, 3.63) is 0 Å². The third-order valence-corrected chi connectivity index (χ3v) is 4.54. The first-order valence-electron chi connectivity index (χ1n) is 6.69. The van der Waals surface area contributed by atoms with E-state index in [1.807, 2.05) is 0 Å². The van der Waals surface area contributed by atoms with E-state index < -0.39 is 0 Å². The molecule has 1 saturated heterocycles. The van der Waals surface area contributed by atoms with Gasteiger partial charge in [-0.2, -0.15) is 0 Å². The molecule has 6 nitrogen and oxygen atoms in total. The molecule has 3 N–H and O–H groups in total. The third-order valence-electron chi connectivity index (χ3n) is 4.54. The van der Waals surface area contributed by atoms with Crippen LogP contribution in [0.3, 0.4) is 0 Å². The highest BCUT2D eigenvalue weighted by Gasteiger charge is 2.49. The molecular formula is C13H24N2O4. The number of hydrogen-bond donors (Lipinski definition) is 3. The van der Waals surface area contributed by atoms with Crippen molar-refractivity contribution >= 4 is 6.03 Å². The summed E-state index contributed by atoms with van der Waals surface area (Å²) in [6.45, 7) is 5.66. The minimum Gasteiger partial charge on any atom is -0.396 e. The normalized spacial score (nSPS) is 30.9. The van der Waals surface area contributed by atoms with Gasteiger partial charge in [-0.15, -0.1) is 0 Å². The predicted molar refractivity (Wildman–Crippen MR) is 69.9 cm³/mol. The molecule has 0 bridgehead atoms. The summed E-state index contributed by atoms with van der Waals surface area (Å²) in [5, 5.41) is 15.0. The quantitative estimate of drug-likeness (QED) is 0.663. The number of nitrogens with one attached hydrogen (secondary N) is 2. The summed E-state index contributed by atoms with van der Waals surface area (Å²) in [7, 11) is 1.70. The lowest BCUT2D eigenvalue weighted by Crippen LogP contribution is -2.64. The number of urea groups is 1. The van der Waals surface area contributed by atoms with E-state index in [0.29, 0.717) is 19.8 Å². The fourth-order valence-corrected chi connectivity index (χ4v) is 2.65. The van der Waals surface area contributed by atoms with Crippen LogP contribution in [0, 0.1) is 10.8 Å². The predicted octanol–water partition coefficient (Wildman–Crippen LogP) is 0.108. The largest absolute Gasteiger partial charge is 0.396 e. The van der Waals surface area contributed by atoms with Crippen molar-refractivity contribution in [3.63, 3.8) is 0 Å². The smallest absolute Gasteiger partial charge is 0.315 e. The SMILES string of the molecule is COC1CC(NC(=O)NCC2(CO)COC2)C1(C)C. The van der Waals surface area contributed by atoms with Crippen molar-refractivity contribution in [1.82, 2.24) is 10.6 Å². The maximum absolute atomic E-state index is 11.8. The molecule has 0 aromatic rings. The van der Waals surface area contributed by atoms with Crippen molar-refractivity contribution in [2.24, 2.45) is 10.8 Å². The lowest BCUT2D eigenvalue weighted by Gasteiger charge is -2.51. The Morgan fingerprint density at radius 3 is 2.58 bits per heavy atom. The minimum absolute atomic E-state index is 0.0357. The highest BCUT2D eigenvalue weighted by atomic mass is 16.5. The van der Waals surface area contributed by atoms with Crippen LogP contribution >= 0.6 is 0 Å². The molecule has 0 spiro atoms. The summed E-state index contributed by atoms with van der Waals surface area (Å²) in [6.07, 6.45) is 1.03. The molecule has 1 aliphatic carbocycles. The van der Waals surface area contributed by atoms with Gasteiger partial charge in [0.2, 0.25) is 0 Å². The second kappa shape index (κ2) is 5.26. The number of carbonyl (C=O) groups excluding carboxylic acids is 1. The van der Waals surface area contributed by atoms with E-state index in [-0.39, 0.29) is 35.6 Å². The summed E-state index contributed by atoms with van der Waals surface area (Å²) < 4.78 is 10.4. The van der Waals surface area contributed by atoms with Gasteiger partial charge in [-0.05, 0) is 6.42 Å². The van der Waals surface area contributed by atoms with E-state index in [0.717, 1.165) is 6.42 Å². The van der Waals surface area contributed by atoms with Crippen molar-refractivity contribution in [3.8, 4) is 0 Å². The lowest BCUT2D eigenvalue weighted by atomic mass is 9.64. The number of ether oxygens (including phenoxy) is 2. The van der Waals surface area contributed by atoms with E-state index in [2.05, 4.69) is 24.5 Å². The molecule has 2 atom stereocenters. The van der Waals surface area contributed by atoms with Crippen LogP contribution in [0.5, 0.6) is 0 Å². The Morgan fingerprint density at radius 1 is 1.47 bits per heavy atom. The highest BCUT2D eigenvalue weighted by Crippen LogP contribution is 2.42. The molecule has 0 aromatic heterocycles. The van der Waals surface area contributed by atoms with E-state index >= 15 is 0 Å². The number of amides is 2. The molecule has 1 saturated carbocycles. The molecule has 19 heavy (non-hydrogen) atoms. The minimum atomic E-state index is -0.290. The summed E-state index contributed by atoms with van der Waals surface area (Å²) in [4.78, 5) is 11.8. The van der Waals surface area contributed by atoms with Crippen LogP contribution in [0.2, 0.25) is 0 Å². The summed E-state index contributed by atoms with van der Waals surface area (Å²) in [5.74, 6) is 0. The number of rotatable bonds is 5. The van der Waals surface area contributed by atoms with Crippen LogP contribution in [0.4, 0.5) is 4.79 Å². The molecule has 2 aliphatic rings. The maximum atomic E-state index is 11.8. The zero-order valence-electron chi connectivity index (χ0n) is 11.9. The van der Waals surface area contributed by atoms with Crippen LogP contribution in [0.25, 0.3) is 0 Å². The summed E-state index contributed by atoms with van der Waals surface area (Å²) >= 11 is 0. The number of carbonyl (C=O) groups is 1. The molecule has 2 amide bonds. The van der Waals surface area contributed by atoms with Crippen molar-refractivity contribution in [1.29, 1.82) is 0 Å². The van der Waals surface area contributed by atoms with Gasteiger partial charge in [-0.3, -0.25) is 0 Å². The number of methoxy groups -OCH3 is 1. The maximum Gasteiger partial charge on any atom is 0.315 e. The average Bonchev–Trinajstić information content (AvgIpc) is 2.33. The molecule has 1 heterocycles. The first kappa shape index (κ1) is 14.6. The van der Waals surface area contributed by atoms with Gasteiger partial charge < -0.3 is 25.2 Å². The molecule has 2 rings (SSSR count). The van der Waals surface area contributed by atoms with Gasteiger partial charge in [-0.25, -0.2) is 4.79 Å². The second-order valence-corrected chi connectivity index (χ2v) is 6.31. The molecule has 2 fully saturated rings. The van der Waals surface area contributed by atoms with Gasteiger partial charge in [0.25, 0.3) is 0 Å². The van der Waals surface area contributed by atoms with Crippen LogP contribution in [-0.4, -0.2) is 56.8 Å². The Hall–Kier alpha value is -0.850. The third kappa shape index (κ3) is 2.70. The van der Waals surface area contributed by atoms with Crippen LogP contribution < -0.4 is 10.6 Å². The average molecular weight is 272 g/mol. The van der Waals surface area contributed by atoms with Crippen LogP contribution in [-0.2, 0) is 9.47 Å². The number of aliphatic hydroxyl groups excluding tert-OH is 1. The Morgan fingerprint density at radius 2 is 2.16 bits per heavy atom. The Bertz CT molecular complexity index is 336. The van der Waals surface area contributed by atoms with Crippen molar-refractivity contribution in [2.75, 3.05) is 33.5 Å². The molecule has 2 unspecified atom stereocenters. The van der Waals surface area contributed by atoms with E-state index in [1.165, 1.54) is 0 Å². The Labute approximate surface area is 113 Å².